The van der Waals surface area contributed by atoms with Gasteiger partial charge in [-0.1, -0.05) is 48.5 Å². The molecule has 0 bridgehead atoms. The Hall–Kier alpha value is -3.72. The highest BCUT2D eigenvalue weighted by molar-refractivity contribution is 7.09. The van der Waals surface area contributed by atoms with Crippen molar-refractivity contribution < 1.29 is 24.2 Å². The molecule has 1 atom stereocenters. The van der Waals surface area contributed by atoms with E-state index in [0.29, 0.717) is 30.8 Å². The van der Waals surface area contributed by atoms with Gasteiger partial charge in [0.1, 0.15) is 11.6 Å². The van der Waals surface area contributed by atoms with E-state index < -0.39 is 12.1 Å². The number of carboxylic acid groups (broad SMARTS) is 1. The van der Waals surface area contributed by atoms with Gasteiger partial charge in [0, 0.05) is 24.3 Å². The summed E-state index contributed by atoms with van der Waals surface area (Å²) in [5.74, 6) is -1.22. The third kappa shape index (κ3) is 5.86. The maximum absolute atomic E-state index is 12.2. The second kappa shape index (κ2) is 11.1. The molecule has 2 aromatic carbocycles. The molecule has 0 fully saturated rings. The number of unbranched alkanes of at least 4 members (excludes halogenated alkanes) is 1. The third-order valence-corrected chi connectivity index (χ3v) is 6.96. The number of rotatable bonds is 10. The molecule has 1 aliphatic rings. The molecule has 9 heteroatoms. The highest BCUT2D eigenvalue weighted by atomic mass is 32.1. The largest absolute Gasteiger partial charge is 0.476 e. The van der Waals surface area contributed by atoms with E-state index in [1.807, 2.05) is 24.3 Å². The van der Waals surface area contributed by atoms with E-state index in [4.69, 9.17) is 9.84 Å². The number of aromatic nitrogens is 1. The van der Waals surface area contributed by atoms with E-state index in [1.54, 1.807) is 6.92 Å². The summed E-state index contributed by atoms with van der Waals surface area (Å²) in [4.78, 5) is 39.3. The Morgan fingerprint density at radius 3 is 2.34 bits per heavy atom. The number of fused-ring (bicyclic) bond motifs is 3. The number of carbonyl (C=O) groups is 3. The quantitative estimate of drug-likeness (QED) is 0.352. The molecular weight excluding hydrogens is 466 g/mol. The molecule has 0 saturated heterocycles. The molecule has 4 rings (SSSR count). The Bertz CT molecular complexity index is 1180. The van der Waals surface area contributed by atoms with Gasteiger partial charge in [-0.25, -0.2) is 14.6 Å². The van der Waals surface area contributed by atoms with Crippen molar-refractivity contribution in [1.29, 1.82) is 0 Å². The number of benzene rings is 2. The van der Waals surface area contributed by atoms with Gasteiger partial charge in [0.05, 0.1) is 6.04 Å². The van der Waals surface area contributed by atoms with Crippen LogP contribution in [-0.2, 0) is 9.53 Å². The number of ether oxygens (including phenoxy) is 1. The van der Waals surface area contributed by atoms with Crippen LogP contribution < -0.4 is 10.6 Å². The summed E-state index contributed by atoms with van der Waals surface area (Å²) in [5, 5.41) is 16.5. The fourth-order valence-electron chi connectivity index (χ4n) is 4.21. The van der Waals surface area contributed by atoms with Gasteiger partial charge in [0.25, 0.3) is 0 Å². The summed E-state index contributed by atoms with van der Waals surface area (Å²) in [6.07, 6.45) is 1.06. The van der Waals surface area contributed by atoms with Gasteiger partial charge >= 0.3 is 12.1 Å². The van der Waals surface area contributed by atoms with E-state index >= 15 is 0 Å². The molecule has 182 valence electrons. The first-order valence-electron chi connectivity index (χ1n) is 11.5. The molecule has 1 aromatic heterocycles. The fraction of sp³-hybridized carbons (Fsp3) is 0.308. The van der Waals surface area contributed by atoms with Crippen molar-refractivity contribution in [1.82, 2.24) is 15.6 Å². The van der Waals surface area contributed by atoms with Crippen LogP contribution in [0.2, 0.25) is 0 Å². The maximum Gasteiger partial charge on any atom is 0.407 e. The van der Waals surface area contributed by atoms with Gasteiger partial charge in [0.2, 0.25) is 5.91 Å². The number of hydrogen-bond acceptors (Lipinski definition) is 6. The van der Waals surface area contributed by atoms with Crippen LogP contribution in [0.3, 0.4) is 0 Å². The Kier molecular flexibility index (Phi) is 7.77. The molecule has 1 heterocycles. The normalized spacial score (nSPS) is 12.9. The van der Waals surface area contributed by atoms with E-state index in [1.165, 1.54) is 39.0 Å². The van der Waals surface area contributed by atoms with Crippen LogP contribution in [-0.4, -0.2) is 41.2 Å². The predicted molar refractivity (Wildman–Crippen MR) is 133 cm³/mol. The van der Waals surface area contributed by atoms with Crippen LogP contribution in [0.25, 0.3) is 11.1 Å². The molecule has 8 nitrogen and oxygen atoms in total. The molecule has 0 aliphatic heterocycles. The molecule has 35 heavy (non-hydrogen) atoms. The first kappa shape index (κ1) is 24.4. The molecule has 0 radical (unpaired) electrons. The molecule has 0 spiro atoms. The monoisotopic (exact) mass is 493 g/mol. The van der Waals surface area contributed by atoms with Gasteiger partial charge in [-0.05, 0) is 42.0 Å². The third-order valence-electron chi connectivity index (χ3n) is 5.93. The molecule has 3 N–H and O–H groups in total. The van der Waals surface area contributed by atoms with Crippen LogP contribution in [0, 0.1) is 0 Å². The lowest BCUT2D eigenvalue weighted by Gasteiger charge is -2.14. The van der Waals surface area contributed by atoms with Crippen molar-refractivity contribution in [2.75, 3.05) is 13.2 Å². The summed E-state index contributed by atoms with van der Waals surface area (Å²) in [5.41, 5.74) is 4.67. The van der Waals surface area contributed by atoms with Crippen molar-refractivity contribution in [2.24, 2.45) is 0 Å². The first-order valence-corrected chi connectivity index (χ1v) is 12.4. The standard InChI is InChI=1S/C26H27N3O5S/c1-16(24-29-22(15-35-24)25(31)32)28-23(30)12-6-7-13-27-26(33)34-14-21-19-10-4-2-8-17(19)18-9-3-5-11-20(18)21/h2-5,8-11,15-16,21H,6-7,12-14H2,1H3,(H,27,33)(H,28,30)(H,31,32). The molecular formula is C26H27N3O5S. The lowest BCUT2D eigenvalue weighted by Crippen LogP contribution is -2.28. The summed E-state index contributed by atoms with van der Waals surface area (Å²) in [7, 11) is 0. The van der Waals surface area contributed by atoms with Crippen LogP contribution >= 0.6 is 11.3 Å². The average molecular weight is 494 g/mol. The van der Waals surface area contributed by atoms with Gasteiger partial charge < -0.3 is 20.5 Å². The smallest absolute Gasteiger partial charge is 0.407 e. The van der Waals surface area contributed by atoms with E-state index in [9.17, 15) is 14.4 Å². The zero-order valence-electron chi connectivity index (χ0n) is 19.3. The molecule has 0 saturated carbocycles. The molecule has 1 aliphatic carbocycles. The number of carbonyl (C=O) groups excluding carboxylic acids is 2. The van der Waals surface area contributed by atoms with Crippen molar-refractivity contribution in [3.8, 4) is 11.1 Å². The minimum absolute atomic E-state index is 0.0169. The van der Waals surface area contributed by atoms with E-state index in [2.05, 4.69) is 39.9 Å². The minimum Gasteiger partial charge on any atom is -0.476 e. The van der Waals surface area contributed by atoms with Crippen LogP contribution in [0.5, 0.6) is 0 Å². The fourth-order valence-corrected chi connectivity index (χ4v) is 5.01. The highest BCUT2D eigenvalue weighted by Crippen LogP contribution is 2.44. The number of alkyl carbamates (subject to hydrolysis) is 1. The Morgan fingerprint density at radius 2 is 1.71 bits per heavy atom. The second-order valence-corrected chi connectivity index (χ2v) is 9.26. The number of aromatic carboxylic acids is 1. The first-order chi connectivity index (χ1) is 16.9. The number of carboxylic acids is 1. The van der Waals surface area contributed by atoms with Crippen molar-refractivity contribution in [2.45, 2.75) is 38.1 Å². The Balaban J connectivity index is 1.15. The summed E-state index contributed by atoms with van der Waals surface area (Å²) < 4.78 is 5.51. The lowest BCUT2D eigenvalue weighted by molar-refractivity contribution is -0.121. The van der Waals surface area contributed by atoms with Gasteiger partial charge in [-0.2, -0.15) is 0 Å². The number of thiazole rings is 1. The van der Waals surface area contributed by atoms with Gasteiger partial charge in [-0.3, -0.25) is 4.79 Å². The zero-order valence-corrected chi connectivity index (χ0v) is 20.1. The van der Waals surface area contributed by atoms with E-state index in [0.717, 1.165) is 0 Å². The summed E-state index contributed by atoms with van der Waals surface area (Å²) in [6, 6.07) is 16.0. The predicted octanol–water partition coefficient (Wildman–Crippen LogP) is 4.73. The van der Waals surface area contributed by atoms with Crippen LogP contribution in [0.15, 0.2) is 53.9 Å². The second-order valence-electron chi connectivity index (χ2n) is 8.37. The number of nitrogens with one attached hydrogen (secondary N) is 2. The molecule has 2 amide bonds. The van der Waals surface area contributed by atoms with E-state index in [-0.39, 0.29) is 30.2 Å². The average Bonchev–Trinajstić information content (AvgIpc) is 3.47. The molecule has 3 aromatic rings. The summed E-state index contributed by atoms with van der Waals surface area (Å²) in [6.45, 7) is 2.44. The topological polar surface area (TPSA) is 118 Å². The van der Waals surface area contributed by atoms with Gasteiger partial charge in [-0.15, -0.1) is 11.3 Å². The Labute approximate surface area is 207 Å². The van der Waals surface area contributed by atoms with Crippen molar-refractivity contribution in [3.05, 3.63) is 75.7 Å². The van der Waals surface area contributed by atoms with Crippen molar-refractivity contribution >= 4 is 29.3 Å². The van der Waals surface area contributed by atoms with Crippen molar-refractivity contribution in [3.63, 3.8) is 0 Å². The van der Waals surface area contributed by atoms with Crippen LogP contribution in [0.1, 0.15) is 64.8 Å². The van der Waals surface area contributed by atoms with Gasteiger partial charge in [0.15, 0.2) is 5.69 Å². The number of amides is 2. The lowest BCUT2D eigenvalue weighted by atomic mass is 9.98. The minimum atomic E-state index is -1.09. The summed E-state index contributed by atoms with van der Waals surface area (Å²) >= 11 is 1.20. The number of nitrogens with zero attached hydrogens (tertiary/aromatic N) is 1. The zero-order chi connectivity index (χ0) is 24.8. The maximum atomic E-state index is 12.2. The molecule has 1 unspecified atom stereocenters. The highest BCUT2D eigenvalue weighted by Gasteiger charge is 2.28. The number of hydrogen-bond donors (Lipinski definition) is 3. The van der Waals surface area contributed by atoms with Crippen LogP contribution in [0.4, 0.5) is 4.79 Å². The Morgan fingerprint density at radius 1 is 1.06 bits per heavy atom. The SMILES string of the molecule is CC(NC(=O)CCCCNC(=O)OCC1c2ccccc2-c2ccccc21)c1nc(C(=O)O)cs1.